The summed E-state index contributed by atoms with van der Waals surface area (Å²) in [6.45, 7) is 2.34. The largest absolute Gasteiger partial charge is 0.497 e. The van der Waals surface area contributed by atoms with Crippen LogP contribution in [0.25, 0.3) is 0 Å². The molecule has 5 nitrogen and oxygen atoms in total. The summed E-state index contributed by atoms with van der Waals surface area (Å²) < 4.78 is 5.21. The van der Waals surface area contributed by atoms with Gasteiger partial charge in [0.15, 0.2) is 0 Å². The molecule has 0 saturated carbocycles. The van der Waals surface area contributed by atoms with Gasteiger partial charge in [0.05, 0.1) is 12.6 Å². The second-order valence-electron chi connectivity index (χ2n) is 5.86. The smallest absolute Gasteiger partial charge is 0.237 e. The lowest BCUT2D eigenvalue weighted by Gasteiger charge is -2.20. The maximum atomic E-state index is 11.3. The van der Waals surface area contributed by atoms with Crippen molar-refractivity contribution in [2.45, 2.75) is 25.4 Å². The molecule has 0 radical (unpaired) electrons. The molecule has 0 aromatic heterocycles. The van der Waals surface area contributed by atoms with Crippen LogP contribution >= 0.6 is 0 Å². The first-order chi connectivity index (χ1) is 10.9. The van der Waals surface area contributed by atoms with E-state index in [-0.39, 0.29) is 0 Å². The van der Waals surface area contributed by atoms with Crippen molar-refractivity contribution in [1.29, 1.82) is 0 Å². The number of carbonyl (C=O) groups excluding carboxylic acids is 1. The van der Waals surface area contributed by atoms with Gasteiger partial charge in [-0.05, 0) is 48.7 Å². The first-order valence-electron chi connectivity index (χ1n) is 7.45. The zero-order chi connectivity index (χ0) is 16.9. The molecule has 0 heterocycles. The number of anilines is 1. The highest BCUT2D eigenvalue weighted by atomic mass is 16.5. The monoisotopic (exact) mass is 313 g/mol. The van der Waals surface area contributed by atoms with Gasteiger partial charge in [-0.25, -0.2) is 0 Å². The standard InChI is InChI=1S/C18H23N3O2/c1-18(20,17(19)22)11-13-6-8-15(9-7-13)21-12-14-4-3-5-16(10-14)23-2/h3-10,21H,11-12,20H2,1-2H3,(H2,19,22). The molecular formula is C18H23N3O2. The summed E-state index contributed by atoms with van der Waals surface area (Å²) in [7, 11) is 1.66. The lowest BCUT2D eigenvalue weighted by molar-refractivity contribution is -0.122. The predicted molar refractivity (Wildman–Crippen MR) is 92.3 cm³/mol. The van der Waals surface area contributed by atoms with E-state index in [2.05, 4.69) is 5.32 Å². The van der Waals surface area contributed by atoms with E-state index in [9.17, 15) is 4.79 Å². The first kappa shape index (κ1) is 16.8. The number of rotatable bonds is 7. The van der Waals surface area contributed by atoms with Crippen LogP contribution in [-0.2, 0) is 17.8 Å². The van der Waals surface area contributed by atoms with Crippen LogP contribution in [0.2, 0.25) is 0 Å². The summed E-state index contributed by atoms with van der Waals surface area (Å²) >= 11 is 0. The van der Waals surface area contributed by atoms with Crippen LogP contribution in [0.4, 0.5) is 5.69 Å². The molecule has 5 N–H and O–H groups in total. The molecule has 1 unspecified atom stereocenters. The third-order valence-corrected chi connectivity index (χ3v) is 3.72. The lowest BCUT2D eigenvalue weighted by Crippen LogP contribution is -2.51. The number of hydrogen-bond donors (Lipinski definition) is 3. The number of carbonyl (C=O) groups is 1. The molecule has 2 aromatic rings. The summed E-state index contributed by atoms with van der Waals surface area (Å²) in [5.41, 5.74) is 13.3. The second kappa shape index (κ2) is 7.15. The van der Waals surface area contributed by atoms with Gasteiger partial charge in [0, 0.05) is 12.2 Å². The van der Waals surface area contributed by atoms with E-state index >= 15 is 0 Å². The van der Waals surface area contributed by atoms with Gasteiger partial charge in [0.25, 0.3) is 0 Å². The molecule has 0 aliphatic rings. The summed E-state index contributed by atoms with van der Waals surface area (Å²) in [4.78, 5) is 11.3. The number of benzene rings is 2. The number of amides is 1. The van der Waals surface area contributed by atoms with Gasteiger partial charge in [0.2, 0.25) is 5.91 Å². The van der Waals surface area contributed by atoms with Crippen molar-refractivity contribution in [2.75, 3.05) is 12.4 Å². The van der Waals surface area contributed by atoms with Gasteiger partial charge < -0.3 is 21.5 Å². The number of methoxy groups -OCH3 is 1. The number of nitrogens with two attached hydrogens (primary N) is 2. The first-order valence-corrected chi connectivity index (χ1v) is 7.45. The Labute approximate surface area is 136 Å². The number of nitrogens with one attached hydrogen (secondary N) is 1. The van der Waals surface area contributed by atoms with Crippen LogP contribution in [0.5, 0.6) is 5.75 Å². The molecule has 0 fully saturated rings. The molecule has 23 heavy (non-hydrogen) atoms. The lowest BCUT2D eigenvalue weighted by atomic mass is 9.93. The van der Waals surface area contributed by atoms with Crippen molar-refractivity contribution in [3.8, 4) is 5.75 Å². The van der Waals surface area contributed by atoms with Gasteiger partial charge in [-0.15, -0.1) is 0 Å². The van der Waals surface area contributed by atoms with Crippen LogP contribution in [0.15, 0.2) is 48.5 Å². The third-order valence-electron chi connectivity index (χ3n) is 3.72. The minimum atomic E-state index is -1.03. The van der Waals surface area contributed by atoms with E-state index in [0.29, 0.717) is 13.0 Å². The SMILES string of the molecule is COc1cccc(CNc2ccc(CC(C)(N)C(N)=O)cc2)c1. The van der Waals surface area contributed by atoms with Crippen molar-refractivity contribution in [1.82, 2.24) is 0 Å². The van der Waals surface area contributed by atoms with Gasteiger partial charge in [-0.3, -0.25) is 4.79 Å². The molecule has 5 heteroatoms. The Morgan fingerprint density at radius 1 is 1.17 bits per heavy atom. The van der Waals surface area contributed by atoms with Crippen molar-refractivity contribution in [2.24, 2.45) is 11.5 Å². The van der Waals surface area contributed by atoms with Crippen LogP contribution in [0.3, 0.4) is 0 Å². The highest BCUT2D eigenvalue weighted by molar-refractivity contribution is 5.84. The molecule has 0 spiro atoms. The summed E-state index contributed by atoms with van der Waals surface area (Å²) in [5.74, 6) is 0.339. The Bertz CT molecular complexity index is 666. The fourth-order valence-electron chi connectivity index (χ4n) is 2.24. The van der Waals surface area contributed by atoms with Crippen LogP contribution in [-0.4, -0.2) is 18.6 Å². The molecule has 0 aliphatic heterocycles. The number of hydrogen-bond acceptors (Lipinski definition) is 4. The maximum absolute atomic E-state index is 11.3. The molecule has 2 rings (SSSR count). The topological polar surface area (TPSA) is 90.4 Å². The summed E-state index contributed by atoms with van der Waals surface area (Å²) in [5, 5.41) is 3.35. The van der Waals surface area contributed by atoms with E-state index in [1.165, 1.54) is 0 Å². The predicted octanol–water partition coefficient (Wildman–Crippen LogP) is 2.05. The van der Waals surface area contributed by atoms with Crippen LogP contribution in [0, 0.1) is 0 Å². The number of ether oxygens (including phenoxy) is 1. The maximum Gasteiger partial charge on any atom is 0.237 e. The van der Waals surface area contributed by atoms with Crippen molar-refractivity contribution < 1.29 is 9.53 Å². The zero-order valence-corrected chi connectivity index (χ0v) is 13.5. The normalized spacial score (nSPS) is 13.2. The van der Waals surface area contributed by atoms with Crippen molar-refractivity contribution in [3.05, 3.63) is 59.7 Å². The molecule has 0 aliphatic carbocycles. The summed E-state index contributed by atoms with van der Waals surface area (Å²) in [6, 6.07) is 15.7. The van der Waals surface area contributed by atoms with E-state index < -0.39 is 11.4 Å². The highest BCUT2D eigenvalue weighted by Gasteiger charge is 2.25. The molecule has 0 saturated heterocycles. The van der Waals surface area contributed by atoms with E-state index in [0.717, 1.165) is 22.6 Å². The molecule has 1 atom stereocenters. The molecule has 2 aromatic carbocycles. The molecule has 1 amide bonds. The Morgan fingerprint density at radius 3 is 2.48 bits per heavy atom. The molecular weight excluding hydrogens is 290 g/mol. The van der Waals surface area contributed by atoms with Gasteiger partial charge in [-0.2, -0.15) is 0 Å². The Kier molecular flexibility index (Phi) is 5.24. The quantitative estimate of drug-likeness (QED) is 0.729. The van der Waals surface area contributed by atoms with Crippen molar-refractivity contribution in [3.63, 3.8) is 0 Å². The van der Waals surface area contributed by atoms with Gasteiger partial charge in [-0.1, -0.05) is 24.3 Å². The Balaban J connectivity index is 1.96. The van der Waals surface area contributed by atoms with Crippen LogP contribution < -0.4 is 21.5 Å². The summed E-state index contributed by atoms with van der Waals surface area (Å²) in [6.07, 6.45) is 0.415. The number of primary amides is 1. The fourth-order valence-corrected chi connectivity index (χ4v) is 2.24. The Hall–Kier alpha value is -2.53. The van der Waals surface area contributed by atoms with Gasteiger partial charge >= 0.3 is 0 Å². The second-order valence-corrected chi connectivity index (χ2v) is 5.86. The molecule has 0 bridgehead atoms. The van der Waals surface area contributed by atoms with Gasteiger partial charge in [0.1, 0.15) is 5.75 Å². The zero-order valence-electron chi connectivity index (χ0n) is 13.5. The average Bonchev–Trinajstić information content (AvgIpc) is 2.54. The fraction of sp³-hybridized carbons (Fsp3) is 0.278. The minimum absolute atomic E-state index is 0.415. The Morgan fingerprint density at radius 2 is 1.87 bits per heavy atom. The van der Waals surface area contributed by atoms with E-state index in [1.54, 1.807) is 14.0 Å². The van der Waals surface area contributed by atoms with E-state index in [1.807, 2.05) is 48.5 Å². The molecule has 122 valence electrons. The third kappa shape index (κ3) is 4.72. The van der Waals surface area contributed by atoms with Crippen LogP contribution in [0.1, 0.15) is 18.1 Å². The minimum Gasteiger partial charge on any atom is -0.497 e. The van der Waals surface area contributed by atoms with Crippen molar-refractivity contribution >= 4 is 11.6 Å². The average molecular weight is 313 g/mol. The highest BCUT2D eigenvalue weighted by Crippen LogP contribution is 2.17. The van der Waals surface area contributed by atoms with E-state index in [4.69, 9.17) is 16.2 Å².